The number of hydrogen-bond acceptors (Lipinski definition) is 7. The fraction of sp³-hybridized carbons (Fsp3) is 0.133. The Morgan fingerprint density at radius 3 is 2.71 bits per heavy atom. The average Bonchev–Trinajstić information content (AvgIpc) is 3.31. The number of nitrogens with two attached hydrogens (primary N) is 2. The molecule has 3 aromatic rings. The number of nitrogens with one attached hydrogen (secondary N) is 2. The zero-order chi connectivity index (χ0) is 20.3. The monoisotopic (exact) mass is 431 g/mol. The van der Waals surface area contributed by atoms with Gasteiger partial charge in [-0.1, -0.05) is 23.4 Å². The number of furan rings is 1. The number of thioether (sulfide) groups is 1. The number of H-pyrrole nitrogens is 1. The summed E-state index contributed by atoms with van der Waals surface area (Å²) in [5, 5.41) is 10.1. The molecule has 13 heteroatoms. The summed E-state index contributed by atoms with van der Waals surface area (Å²) in [5.74, 6) is 11.9. The molecule has 0 radical (unpaired) electrons. The largest absolute Gasteiger partial charge is 0.453 e. The normalized spacial score (nSPS) is 12.4. The van der Waals surface area contributed by atoms with Gasteiger partial charge in [0, 0.05) is 5.56 Å². The van der Waals surface area contributed by atoms with Crippen molar-refractivity contribution >= 4 is 29.2 Å². The Bertz CT molecular complexity index is 1000. The molecule has 3 rings (SSSR count). The van der Waals surface area contributed by atoms with Crippen LogP contribution in [0.5, 0.6) is 0 Å². The molecule has 0 saturated carbocycles. The van der Waals surface area contributed by atoms with Gasteiger partial charge in [-0.25, -0.2) is 5.84 Å². The van der Waals surface area contributed by atoms with E-state index in [0.29, 0.717) is 28.3 Å². The molecule has 0 amide bonds. The number of rotatable bonds is 5. The van der Waals surface area contributed by atoms with Crippen LogP contribution in [0, 0.1) is 0 Å². The van der Waals surface area contributed by atoms with Gasteiger partial charge in [0.25, 0.3) is 0 Å². The number of alkyl halides is 3. The number of nitrogens with zero attached hydrogens (tertiary/aromatic N) is 3. The molecule has 8 nitrogen and oxygen atoms in total. The Morgan fingerprint density at radius 1 is 1.29 bits per heavy atom. The minimum absolute atomic E-state index is 0.229. The molecule has 0 saturated heterocycles. The van der Waals surface area contributed by atoms with Crippen molar-refractivity contribution < 1.29 is 17.6 Å². The molecule has 0 spiro atoms. The lowest BCUT2D eigenvalue weighted by atomic mass is 10.1. The number of halogens is 4. The summed E-state index contributed by atoms with van der Waals surface area (Å²) in [5.41, 5.74) is 1.63. The van der Waals surface area contributed by atoms with E-state index in [1.54, 1.807) is 6.07 Å². The van der Waals surface area contributed by atoms with E-state index in [1.165, 1.54) is 30.0 Å². The van der Waals surface area contributed by atoms with Gasteiger partial charge in [0.1, 0.15) is 11.6 Å². The number of hydrogen-bond donors (Lipinski definition) is 4. The molecular weight excluding hydrogens is 419 g/mol. The van der Waals surface area contributed by atoms with Crippen molar-refractivity contribution in [2.75, 3.05) is 5.75 Å². The lowest BCUT2D eigenvalue weighted by Crippen LogP contribution is -2.33. The smallest absolute Gasteiger partial charge is 0.417 e. The predicted molar refractivity (Wildman–Crippen MR) is 99.2 cm³/mol. The highest BCUT2D eigenvalue weighted by atomic mass is 35.5. The summed E-state index contributed by atoms with van der Waals surface area (Å²) in [6, 6.07) is 6.65. The molecule has 28 heavy (non-hydrogen) atoms. The van der Waals surface area contributed by atoms with Gasteiger partial charge in [-0.2, -0.15) is 23.3 Å². The standard InChI is InChI=1S/C15H13ClF3N7OS/c16-9-2-1-7(5-8(9)15(17,18)19)10-3-4-11(27-10)13-22-14(26-25-13)28-6-12(23-20)24-21/h1-5H,6,20-21H2,(H,23,24)(H,22,25,26). The van der Waals surface area contributed by atoms with Gasteiger partial charge in [0.05, 0.1) is 16.3 Å². The third-order valence-electron chi connectivity index (χ3n) is 3.52. The summed E-state index contributed by atoms with van der Waals surface area (Å²) < 4.78 is 44.7. The van der Waals surface area contributed by atoms with Crippen LogP contribution < -0.4 is 17.1 Å². The Kier molecular flexibility index (Phi) is 5.82. The van der Waals surface area contributed by atoms with E-state index in [2.05, 4.69) is 25.7 Å². The summed E-state index contributed by atoms with van der Waals surface area (Å²) in [6.45, 7) is 0. The number of hydrazone groups is 1. The fourth-order valence-electron chi connectivity index (χ4n) is 2.19. The van der Waals surface area contributed by atoms with E-state index >= 15 is 0 Å². The SMILES string of the molecule is N/N=C(/CSc1n[nH]c(-c2ccc(-c3ccc(Cl)c(C(F)(F)F)c3)o2)n1)NN. The molecule has 0 aliphatic rings. The first kappa shape index (κ1) is 20.0. The summed E-state index contributed by atoms with van der Waals surface area (Å²) in [6.07, 6.45) is -4.57. The van der Waals surface area contributed by atoms with Crippen LogP contribution in [-0.4, -0.2) is 26.8 Å². The first-order valence-corrected chi connectivity index (χ1v) is 8.94. The molecule has 0 bridgehead atoms. The maximum atomic E-state index is 13.0. The second-order valence-electron chi connectivity index (χ2n) is 5.33. The van der Waals surface area contributed by atoms with Crippen LogP contribution in [0.2, 0.25) is 5.02 Å². The van der Waals surface area contributed by atoms with E-state index < -0.39 is 11.7 Å². The highest BCUT2D eigenvalue weighted by Gasteiger charge is 2.33. The van der Waals surface area contributed by atoms with Crippen LogP contribution in [0.4, 0.5) is 13.2 Å². The lowest BCUT2D eigenvalue weighted by Gasteiger charge is -2.09. The molecule has 0 aliphatic carbocycles. The van der Waals surface area contributed by atoms with Crippen molar-refractivity contribution in [3.63, 3.8) is 0 Å². The number of amidine groups is 1. The molecule has 2 heterocycles. The molecule has 0 fully saturated rings. The number of hydrazine groups is 1. The summed E-state index contributed by atoms with van der Waals surface area (Å²) in [4.78, 5) is 4.24. The van der Waals surface area contributed by atoms with E-state index in [4.69, 9.17) is 27.7 Å². The van der Waals surface area contributed by atoms with Crippen LogP contribution in [0.3, 0.4) is 0 Å². The molecule has 0 atom stereocenters. The van der Waals surface area contributed by atoms with Gasteiger partial charge in [-0.15, -0.1) is 5.10 Å². The number of aromatic amines is 1. The number of aromatic nitrogens is 3. The molecule has 0 unspecified atom stereocenters. The van der Waals surface area contributed by atoms with Gasteiger partial charge >= 0.3 is 6.18 Å². The Morgan fingerprint density at radius 2 is 2.04 bits per heavy atom. The minimum Gasteiger partial charge on any atom is -0.453 e. The van der Waals surface area contributed by atoms with Crippen molar-refractivity contribution in [1.82, 2.24) is 20.6 Å². The summed E-state index contributed by atoms with van der Waals surface area (Å²) >= 11 is 6.85. The van der Waals surface area contributed by atoms with Crippen LogP contribution in [0.1, 0.15) is 5.56 Å². The fourth-order valence-corrected chi connectivity index (χ4v) is 3.10. The van der Waals surface area contributed by atoms with Crippen molar-refractivity contribution in [2.45, 2.75) is 11.3 Å². The number of benzene rings is 1. The topological polar surface area (TPSA) is 131 Å². The van der Waals surface area contributed by atoms with Gasteiger partial charge in [-0.05, 0) is 30.3 Å². The second kappa shape index (κ2) is 8.12. The molecule has 1 aromatic carbocycles. The maximum absolute atomic E-state index is 13.0. The minimum atomic E-state index is -4.57. The third-order valence-corrected chi connectivity index (χ3v) is 4.71. The highest BCUT2D eigenvalue weighted by molar-refractivity contribution is 7.99. The Balaban J connectivity index is 1.80. The molecule has 6 N–H and O–H groups in total. The average molecular weight is 432 g/mol. The zero-order valence-corrected chi connectivity index (χ0v) is 15.5. The Hall–Kier alpha value is -2.70. The predicted octanol–water partition coefficient (Wildman–Crippen LogP) is 3.23. The second-order valence-corrected chi connectivity index (χ2v) is 6.68. The summed E-state index contributed by atoms with van der Waals surface area (Å²) in [7, 11) is 0. The van der Waals surface area contributed by atoms with Gasteiger partial charge < -0.3 is 15.7 Å². The molecule has 0 aliphatic heterocycles. The zero-order valence-electron chi connectivity index (χ0n) is 13.9. The van der Waals surface area contributed by atoms with E-state index in [-0.39, 0.29) is 16.3 Å². The van der Waals surface area contributed by atoms with Gasteiger partial charge in [0.2, 0.25) is 5.16 Å². The van der Waals surface area contributed by atoms with Crippen LogP contribution in [-0.2, 0) is 6.18 Å². The van der Waals surface area contributed by atoms with Crippen molar-refractivity contribution in [2.24, 2.45) is 16.8 Å². The van der Waals surface area contributed by atoms with Crippen LogP contribution >= 0.6 is 23.4 Å². The lowest BCUT2D eigenvalue weighted by molar-refractivity contribution is -0.137. The first-order chi connectivity index (χ1) is 13.3. The van der Waals surface area contributed by atoms with Crippen LogP contribution in [0.25, 0.3) is 22.9 Å². The third kappa shape index (κ3) is 4.40. The van der Waals surface area contributed by atoms with E-state index in [1.807, 2.05) is 0 Å². The maximum Gasteiger partial charge on any atom is 0.417 e. The molecule has 148 valence electrons. The molecule has 2 aromatic heterocycles. The van der Waals surface area contributed by atoms with Crippen LogP contribution in [0.15, 0.2) is 45.0 Å². The quantitative estimate of drug-likeness (QED) is 0.160. The van der Waals surface area contributed by atoms with Crippen molar-refractivity contribution in [3.8, 4) is 22.9 Å². The first-order valence-electron chi connectivity index (χ1n) is 7.57. The van der Waals surface area contributed by atoms with Gasteiger partial charge in [0.15, 0.2) is 11.6 Å². The van der Waals surface area contributed by atoms with E-state index in [9.17, 15) is 13.2 Å². The Labute approximate surface area is 165 Å². The highest BCUT2D eigenvalue weighted by Crippen LogP contribution is 2.38. The van der Waals surface area contributed by atoms with Crippen molar-refractivity contribution in [3.05, 3.63) is 40.9 Å². The van der Waals surface area contributed by atoms with Crippen molar-refractivity contribution in [1.29, 1.82) is 0 Å². The molecular formula is C15H13ClF3N7OS. The van der Waals surface area contributed by atoms with Gasteiger partial charge in [-0.3, -0.25) is 5.10 Å². The van der Waals surface area contributed by atoms with E-state index in [0.717, 1.165) is 6.07 Å².